The maximum atomic E-state index is 12.7. The molecular weight excluding hydrogens is 436 g/mol. The molecular formula is C24H28N6O2S. The number of rotatable bonds is 7. The van der Waals surface area contributed by atoms with Gasteiger partial charge in [-0.2, -0.15) is 0 Å². The van der Waals surface area contributed by atoms with Crippen LogP contribution in [0.5, 0.6) is 0 Å². The van der Waals surface area contributed by atoms with E-state index in [1.54, 1.807) is 0 Å². The fraction of sp³-hybridized carbons (Fsp3) is 0.333. The van der Waals surface area contributed by atoms with Gasteiger partial charge in [-0.25, -0.2) is 0 Å². The van der Waals surface area contributed by atoms with Gasteiger partial charge in [-0.05, 0) is 68.7 Å². The van der Waals surface area contributed by atoms with Gasteiger partial charge in [0.25, 0.3) is 0 Å². The van der Waals surface area contributed by atoms with E-state index < -0.39 is 0 Å². The molecule has 0 radical (unpaired) electrons. The first kappa shape index (κ1) is 22.8. The Morgan fingerprint density at radius 2 is 1.79 bits per heavy atom. The van der Waals surface area contributed by atoms with Crippen LogP contribution in [0.25, 0.3) is 5.69 Å². The molecule has 0 atom stereocenters. The molecule has 8 nitrogen and oxygen atoms in total. The third-order valence-corrected chi connectivity index (χ3v) is 6.44. The normalized spacial score (nSPS) is 13.2. The van der Waals surface area contributed by atoms with Gasteiger partial charge in [-0.15, -0.1) is 10.2 Å². The largest absolute Gasteiger partial charge is 0.372 e. The molecule has 33 heavy (non-hydrogen) atoms. The summed E-state index contributed by atoms with van der Waals surface area (Å²) < 4.78 is 1.87. The Bertz CT molecular complexity index is 1170. The van der Waals surface area contributed by atoms with Crippen LogP contribution >= 0.6 is 11.8 Å². The van der Waals surface area contributed by atoms with Crippen LogP contribution in [-0.2, 0) is 9.59 Å². The van der Waals surface area contributed by atoms with Crippen molar-refractivity contribution in [1.29, 1.82) is 0 Å². The number of nitrogens with zero attached hydrogens (tertiary/aromatic N) is 4. The number of anilines is 3. The number of carbonyl (C=O) groups excluding carboxylic acids is 2. The Morgan fingerprint density at radius 1 is 1.00 bits per heavy atom. The molecule has 1 aliphatic heterocycles. The van der Waals surface area contributed by atoms with Crippen molar-refractivity contribution in [3.05, 3.63) is 53.9 Å². The molecule has 2 heterocycles. The van der Waals surface area contributed by atoms with Crippen LogP contribution in [0.4, 0.5) is 17.1 Å². The number of benzene rings is 2. The second-order valence-corrected chi connectivity index (χ2v) is 9.07. The summed E-state index contributed by atoms with van der Waals surface area (Å²) in [5.74, 6) is 0.668. The van der Waals surface area contributed by atoms with E-state index in [1.807, 2.05) is 48.7 Å². The summed E-state index contributed by atoms with van der Waals surface area (Å²) >= 11 is 1.32. The van der Waals surface area contributed by atoms with E-state index in [-0.39, 0.29) is 17.6 Å². The highest BCUT2D eigenvalue weighted by Crippen LogP contribution is 2.27. The zero-order valence-electron chi connectivity index (χ0n) is 19.1. The molecule has 2 amide bonds. The predicted octanol–water partition coefficient (Wildman–Crippen LogP) is 4.17. The Hall–Kier alpha value is -3.33. The first-order valence-corrected chi connectivity index (χ1v) is 12.0. The number of aromatic nitrogens is 3. The van der Waals surface area contributed by atoms with Crippen molar-refractivity contribution in [2.45, 2.75) is 38.8 Å². The Labute approximate surface area is 197 Å². The van der Waals surface area contributed by atoms with E-state index >= 15 is 0 Å². The molecule has 1 aliphatic rings. The molecule has 1 aromatic heterocycles. The topological polar surface area (TPSA) is 92.1 Å². The van der Waals surface area contributed by atoms with Crippen molar-refractivity contribution in [3.63, 3.8) is 0 Å². The Kier molecular flexibility index (Phi) is 6.98. The molecule has 4 rings (SSSR count). The van der Waals surface area contributed by atoms with Gasteiger partial charge in [0.1, 0.15) is 5.82 Å². The molecule has 1 fully saturated rings. The highest BCUT2D eigenvalue weighted by atomic mass is 32.2. The minimum absolute atomic E-state index is 0.101. The number of aryl methyl sites for hydroxylation is 2. The molecule has 2 aromatic carbocycles. The molecule has 9 heteroatoms. The van der Waals surface area contributed by atoms with Crippen molar-refractivity contribution in [3.8, 4) is 5.69 Å². The average Bonchev–Trinajstić information content (AvgIpc) is 3.43. The second kappa shape index (κ2) is 10.1. The number of thioether (sulfide) groups is 1. The highest BCUT2D eigenvalue weighted by molar-refractivity contribution is 7.99. The van der Waals surface area contributed by atoms with Crippen molar-refractivity contribution < 1.29 is 9.59 Å². The van der Waals surface area contributed by atoms with Gasteiger partial charge >= 0.3 is 0 Å². The number of nitrogens with one attached hydrogen (secondary N) is 2. The van der Waals surface area contributed by atoms with Crippen molar-refractivity contribution in [2.24, 2.45) is 0 Å². The lowest BCUT2D eigenvalue weighted by Gasteiger charge is -2.19. The van der Waals surface area contributed by atoms with E-state index in [9.17, 15) is 9.59 Å². The number of hydrogen-bond acceptors (Lipinski definition) is 6. The van der Waals surface area contributed by atoms with Gasteiger partial charge in [0.15, 0.2) is 5.16 Å². The van der Waals surface area contributed by atoms with Crippen molar-refractivity contribution in [2.75, 3.05) is 34.4 Å². The number of hydrogen-bond donors (Lipinski definition) is 2. The van der Waals surface area contributed by atoms with Gasteiger partial charge in [0.2, 0.25) is 11.8 Å². The summed E-state index contributed by atoms with van der Waals surface area (Å²) in [6, 6.07) is 13.6. The lowest BCUT2D eigenvalue weighted by atomic mass is 10.1. The maximum Gasteiger partial charge on any atom is 0.234 e. The quantitative estimate of drug-likeness (QED) is 0.510. The molecule has 0 unspecified atom stereocenters. The summed E-state index contributed by atoms with van der Waals surface area (Å²) in [6.45, 7) is 7.53. The molecule has 0 bridgehead atoms. The summed E-state index contributed by atoms with van der Waals surface area (Å²) in [5, 5.41) is 14.8. The third-order valence-electron chi connectivity index (χ3n) is 5.51. The molecule has 1 saturated heterocycles. The Morgan fingerprint density at radius 3 is 2.52 bits per heavy atom. The summed E-state index contributed by atoms with van der Waals surface area (Å²) in [4.78, 5) is 26.4. The summed E-state index contributed by atoms with van der Waals surface area (Å²) in [7, 11) is 0. The zero-order valence-corrected chi connectivity index (χ0v) is 19.9. The van der Waals surface area contributed by atoms with Crippen molar-refractivity contribution in [1.82, 2.24) is 14.8 Å². The summed E-state index contributed by atoms with van der Waals surface area (Å²) in [6.07, 6.45) is 2.47. The van der Waals surface area contributed by atoms with Crippen LogP contribution < -0.4 is 15.5 Å². The van der Waals surface area contributed by atoms with E-state index in [0.717, 1.165) is 30.0 Å². The van der Waals surface area contributed by atoms with Crippen molar-refractivity contribution >= 4 is 40.6 Å². The van der Waals surface area contributed by atoms with Crippen LogP contribution in [0.1, 0.15) is 31.2 Å². The molecule has 0 spiro atoms. The molecule has 3 aromatic rings. The smallest absolute Gasteiger partial charge is 0.234 e. The third kappa shape index (κ3) is 5.54. The fourth-order valence-electron chi connectivity index (χ4n) is 3.94. The van der Waals surface area contributed by atoms with Crippen LogP contribution in [-0.4, -0.2) is 45.4 Å². The van der Waals surface area contributed by atoms with E-state index in [4.69, 9.17) is 0 Å². The van der Waals surface area contributed by atoms with E-state index in [0.29, 0.717) is 16.7 Å². The van der Waals surface area contributed by atoms with Gasteiger partial charge in [-0.1, -0.05) is 17.8 Å². The van der Waals surface area contributed by atoms with Gasteiger partial charge in [0.05, 0.1) is 11.4 Å². The monoisotopic (exact) mass is 464 g/mol. The first-order chi connectivity index (χ1) is 15.9. The van der Waals surface area contributed by atoms with Gasteiger partial charge in [0, 0.05) is 37.1 Å². The first-order valence-electron chi connectivity index (χ1n) is 11.0. The predicted molar refractivity (Wildman–Crippen MR) is 132 cm³/mol. The van der Waals surface area contributed by atoms with Crippen LogP contribution in [0.2, 0.25) is 0 Å². The van der Waals surface area contributed by atoms with Crippen LogP contribution in [0, 0.1) is 13.8 Å². The molecule has 172 valence electrons. The number of amides is 2. The second-order valence-electron chi connectivity index (χ2n) is 8.13. The standard InChI is InChI=1S/C24H28N6O2S/c1-16-13-20(29-11-4-5-12-29)9-10-22(16)26-23(32)15-33-24-28-27-17(2)30(24)21-8-6-7-19(14-21)25-18(3)31/h6-10,13-14H,4-5,11-12,15H2,1-3H3,(H,25,31)(H,26,32). The van der Waals surface area contributed by atoms with E-state index in [1.165, 1.54) is 37.2 Å². The fourth-order valence-corrected chi connectivity index (χ4v) is 4.73. The highest BCUT2D eigenvalue weighted by Gasteiger charge is 2.16. The molecule has 0 aliphatic carbocycles. The lowest BCUT2D eigenvalue weighted by molar-refractivity contribution is -0.114. The van der Waals surface area contributed by atoms with E-state index in [2.05, 4.69) is 37.9 Å². The maximum absolute atomic E-state index is 12.7. The minimum atomic E-state index is -0.136. The average molecular weight is 465 g/mol. The number of carbonyl (C=O) groups is 2. The molecule has 2 N–H and O–H groups in total. The lowest BCUT2D eigenvalue weighted by Crippen LogP contribution is -2.18. The van der Waals surface area contributed by atoms with Crippen LogP contribution in [0.3, 0.4) is 0 Å². The zero-order chi connectivity index (χ0) is 23.4. The van der Waals surface area contributed by atoms with Gasteiger partial charge < -0.3 is 15.5 Å². The van der Waals surface area contributed by atoms with Crippen LogP contribution in [0.15, 0.2) is 47.6 Å². The van der Waals surface area contributed by atoms with Gasteiger partial charge in [-0.3, -0.25) is 14.2 Å². The SMILES string of the molecule is CC(=O)Nc1cccc(-n2c(C)nnc2SCC(=O)Nc2ccc(N3CCCC3)cc2C)c1. The minimum Gasteiger partial charge on any atom is -0.372 e. The molecule has 0 saturated carbocycles. The summed E-state index contributed by atoms with van der Waals surface area (Å²) in [5.41, 5.74) is 4.59. The Balaban J connectivity index is 1.42.